The van der Waals surface area contributed by atoms with E-state index < -0.39 is 5.97 Å². The summed E-state index contributed by atoms with van der Waals surface area (Å²) in [6, 6.07) is 0. The SMILES string of the molecule is C=C/C=C(\C=C)C[C@H](C)C(=O)O. The van der Waals surface area contributed by atoms with Crippen molar-refractivity contribution >= 4 is 5.97 Å². The predicted octanol–water partition coefficient (Wildman–Crippen LogP) is 2.40. The van der Waals surface area contributed by atoms with Crippen LogP contribution >= 0.6 is 0 Å². The fourth-order valence-electron chi connectivity index (χ4n) is 0.812. The highest BCUT2D eigenvalue weighted by Crippen LogP contribution is 2.12. The zero-order valence-electron chi connectivity index (χ0n) is 7.29. The summed E-state index contributed by atoms with van der Waals surface area (Å²) in [4.78, 5) is 10.5. The topological polar surface area (TPSA) is 37.3 Å². The lowest BCUT2D eigenvalue weighted by Crippen LogP contribution is -2.09. The smallest absolute Gasteiger partial charge is 0.306 e. The number of rotatable bonds is 5. The number of hydrogen-bond donors (Lipinski definition) is 1. The van der Waals surface area contributed by atoms with E-state index in [1.165, 1.54) is 0 Å². The molecule has 66 valence electrons. The van der Waals surface area contributed by atoms with E-state index in [0.717, 1.165) is 5.57 Å². The highest BCUT2D eigenvalue weighted by atomic mass is 16.4. The van der Waals surface area contributed by atoms with Crippen LogP contribution in [-0.2, 0) is 4.79 Å². The molecule has 0 fully saturated rings. The van der Waals surface area contributed by atoms with Gasteiger partial charge in [-0.3, -0.25) is 4.79 Å². The van der Waals surface area contributed by atoms with Gasteiger partial charge >= 0.3 is 5.97 Å². The number of carboxylic acids is 1. The minimum Gasteiger partial charge on any atom is -0.481 e. The minimum absolute atomic E-state index is 0.366. The molecule has 1 atom stereocenters. The Kier molecular flexibility index (Phi) is 4.77. The standard InChI is InChI=1S/C10H14O2/c1-4-6-9(5-2)7-8(3)10(11)12/h4-6,8H,1-2,7H2,3H3,(H,11,12)/b9-6+/t8-/m0/s1. The van der Waals surface area contributed by atoms with Gasteiger partial charge in [-0.1, -0.05) is 38.3 Å². The van der Waals surface area contributed by atoms with Gasteiger partial charge < -0.3 is 5.11 Å². The van der Waals surface area contributed by atoms with E-state index >= 15 is 0 Å². The first-order valence-corrected chi connectivity index (χ1v) is 3.78. The Labute approximate surface area is 72.9 Å². The van der Waals surface area contributed by atoms with Crippen LogP contribution in [0.5, 0.6) is 0 Å². The molecule has 0 rings (SSSR count). The Hall–Kier alpha value is -1.31. The van der Waals surface area contributed by atoms with Crippen LogP contribution in [0.4, 0.5) is 0 Å². The average molecular weight is 166 g/mol. The van der Waals surface area contributed by atoms with Crippen molar-refractivity contribution in [2.75, 3.05) is 0 Å². The fourth-order valence-corrected chi connectivity index (χ4v) is 0.812. The summed E-state index contributed by atoms with van der Waals surface area (Å²) >= 11 is 0. The second kappa shape index (κ2) is 5.35. The molecule has 0 aliphatic heterocycles. The molecule has 0 saturated heterocycles. The molecule has 0 aromatic carbocycles. The molecule has 0 aromatic heterocycles. The molecule has 0 aliphatic carbocycles. The Morgan fingerprint density at radius 3 is 2.50 bits per heavy atom. The van der Waals surface area contributed by atoms with Crippen molar-refractivity contribution in [2.45, 2.75) is 13.3 Å². The zero-order valence-corrected chi connectivity index (χ0v) is 7.29. The van der Waals surface area contributed by atoms with E-state index in [1.807, 2.05) is 0 Å². The summed E-state index contributed by atoms with van der Waals surface area (Å²) in [6.07, 6.45) is 5.56. The number of carboxylic acid groups (broad SMARTS) is 1. The predicted molar refractivity (Wildman–Crippen MR) is 49.9 cm³/mol. The molecular weight excluding hydrogens is 152 g/mol. The quantitative estimate of drug-likeness (QED) is 0.637. The van der Waals surface area contributed by atoms with E-state index in [-0.39, 0.29) is 5.92 Å². The largest absolute Gasteiger partial charge is 0.481 e. The van der Waals surface area contributed by atoms with Crippen molar-refractivity contribution in [1.82, 2.24) is 0 Å². The molecule has 0 saturated carbocycles. The maximum Gasteiger partial charge on any atom is 0.306 e. The van der Waals surface area contributed by atoms with Crippen molar-refractivity contribution < 1.29 is 9.90 Å². The van der Waals surface area contributed by atoms with Crippen LogP contribution < -0.4 is 0 Å². The first-order chi connectivity index (χ1) is 5.61. The summed E-state index contributed by atoms with van der Waals surface area (Å²) < 4.78 is 0. The average Bonchev–Trinajstić information content (AvgIpc) is 2.03. The van der Waals surface area contributed by atoms with Crippen molar-refractivity contribution in [3.8, 4) is 0 Å². The van der Waals surface area contributed by atoms with Crippen LogP contribution in [0.3, 0.4) is 0 Å². The first kappa shape index (κ1) is 10.7. The maximum absolute atomic E-state index is 10.5. The summed E-state index contributed by atoms with van der Waals surface area (Å²) in [5.41, 5.74) is 0.903. The van der Waals surface area contributed by atoms with Gasteiger partial charge in [0.15, 0.2) is 0 Å². The molecule has 1 N–H and O–H groups in total. The van der Waals surface area contributed by atoms with E-state index in [1.54, 1.807) is 25.2 Å². The van der Waals surface area contributed by atoms with Gasteiger partial charge in [0, 0.05) is 0 Å². The molecule has 0 unspecified atom stereocenters. The third-order valence-electron chi connectivity index (χ3n) is 1.56. The minimum atomic E-state index is -0.785. The van der Waals surface area contributed by atoms with E-state index in [2.05, 4.69) is 13.2 Å². The molecule has 0 aliphatic rings. The fraction of sp³-hybridized carbons (Fsp3) is 0.300. The van der Waals surface area contributed by atoms with Crippen LogP contribution in [0.15, 0.2) is 37.0 Å². The van der Waals surface area contributed by atoms with Gasteiger partial charge in [0.25, 0.3) is 0 Å². The van der Waals surface area contributed by atoms with E-state index in [4.69, 9.17) is 5.11 Å². The summed E-state index contributed by atoms with van der Waals surface area (Å²) in [5.74, 6) is -1.15. The second-order valence-electron chi connectivity index (χ2n) is 2.62. The Bertz CT molecular complexity index is 214. The van der Waals surface area contributed by atoms with Crippen LogP contribution in [0, 0.1) is 5.92 Å². The molecule has 0 heterocycles. The number of carbonyl (C=O) groups is 1. The van der Waals surface area contributed by atoms with E-state index in [9.17, 15) is 4.79 Å². The molecule has 0 radical (unpaired) electrons. The maximum atomic E-state index is 10.5. The van der Waals surface area contributed by atoms with Crippen molar-refractivity contribution in [3.05, 3.63) is 37.0 Å². The van der Waals surface area contributed by atoms with Gasteiger partial charge in [-0.05, 0) is 12.0 Å². The third kappa shape index (κ3) is 3.76. The first-order valence-electron chi connectivity index (χ1n) is 3.78. The molecule has 2 nitrogen and oxygen atoms in total. The van der Waals surface area contributed by atoms with Crippen LogP contribution in [0.25, 0.3) is 0 Å². The van der Waals surface area contributed by atoms with Crippen LogP contribution in [0.2, 0.25) is 0 Å². The second-order valence-corrected chi connectivity index (χ2v) is 2.62. The number of hydrogen-bond acceptors (Lipinski definition) is 1. The normalized spacial score (nSPS) is 13.6. The summed E-state index contributed by atoms with van der Waals surface area (Å²) in [6.45, 7) is 8.78. The van der Waals surface area contributed by atoms with Gasteiger partial charge in [0.1, 0.15) is 0 Å². The monoisotopic (exact) mass is 166 g/mol. The molecule has 0 amide bonds. The molecular formula is C10H14O2. The lowest BCUT2D eigenvalue weighted by Gasteiger charge is -2.05. The lowest BCUT2D eigenvalue weighted by atomic mass is 10.0. The Morgan fingerprint density at radius 1 is 1.58 bits per heavy atom. The highest BCUT2D eigenvalue weighted by Gasteiger charge is 2.10. The summed E-state index contributed by atoms with van der Waals surface area (Å²) in [7, 11) is 0. The van der Waals surface area contributed by atoms with E-state index in [0.29, 0.717) is 6.42 Å². The van der Waals surface area contributed by atoms with Crippen molar-refractivity contribution in [1.29, 1.82) is 0 Å². The molecule has 2 heteroatoms. The Morgan fingerprint density at radius 2 is 2.17 bits per heavy atom. The number of allylic oxidation sites excluding steroid dienone is 4. The molecule has 12 heavy (non-hydrogen) atoms. The van der Waals surface area contributed by atoms with Gasteiger partial charge in [-0.15, -0.1) is 0 Å². The number of aliphatic carboxylic acids is 1. The summed E-state index contributed by atoms with van der Waals surface area (Å²) in [5, 5.41) is 8.61. The molecule has 0 bridgehead atoms. The van der Waals surface area contributed by atoms with Gasteiger partial charge in [-0.25, -0.2) is 0 Å². The zero-order chi connectivity index (χ0) is 9.56. The Balaban J connectivity index is 4.20. The van der Waals surface area contributed by atoms with Crippen molar-refractivity contribution in [2.24, 2.45) is 5.92 Å². The van der Waals surface area contributed by atoms with Gasteiger partial charge in [0.05, 0.1) is 5.92 Å². The van der Waals surface area contributed by atoms with Gasteiger partial charge in [-0.2, -0.15) is 0 Å². The third-order valence-corrected chi connectivity index (χ3v) is 1.56. The molecule has 0 aromatic rings. The van der Waals surface area contributed by atoms with Crippen molar-refractivity contribution in [3.63, 3.8) is 0 Å². The lowest BCUT2D eigenvalue weighted by molar-refractivity contribution is -0.141. The van der Waals surface area contributed by atoms with Crippen LogP contribution in [-0.4, -0.2) is 11.1 Å². The molecule has 0 spiro atoms. The highest BCUT2D eigenvalue weighted by molar-refractivity contribution is 5.70. The van der Waals surface area contributed by atoms with Crippen LogP contribution in [0.1, 0.15) is 13.3 Å². The van der Waals surface area contributed by atoms with Gasteiger partial charge in [0.2, 0.25) is 0 Å².